The van der Waals surface area contributed by atoms with Gasteiger partial charge in [0.2, 0.25) is 5.89 Å². The second kappa shape index (κ2) is 8.75. The Balaban J connectivity index is 1.53. The van der Waals surface area contributed by atoms with Crippen LogP contribution in [0.25, 0.3) is 11.3 Å². The number of carbonyl (C=O) groups is 1. The fourth-order valence-electron chi connectivity index (χ4n) is 2.51. The molecular formula is C19H17F3N4O2. The van der Waals surface area contributed by atoms with Gasteiger partial charge < -0.3 is 9.73 Å². The molecule has 0 aliphatic rings. The van der Waals surface area contributed by atoms with Crippen LogP contribution in [-0.4, -0.2) is 27.3 Å². The Morgan fingerprint density at radius 1 is 1.11 bits per heavy atom. The number of Topliss-reactive ketones (excluding diaryl/α,β-unsaturated/α-hetero) is 1. The molecule has 3 aromatic heterocycles. The van der Waals surface area contributed by atoms with E-state index in [0.717, 1.165) is 12.3 Å². The van der Waals surface area contributed by atoms with Crippen molar-refractivity contribution >= 4 is 5.78 Å². The molecular weight excluding hydrogens is 373 g/mol. The smallest absolute Gasteiger partial charge is 0.417 e. The van der Waals surface area contributed by atoms with E-state index in [9.17, 15) is 18.0 Å². The minimum absolute atomic E-state index is 0.00594. The number of carbonyl (C=O) groups excluding carboxylic acids is 1. The van der Waals surface area contributed by atoms with Gasteiger partial charge in [0.1, 0.15) is 12.0 Å². The molecule has 3 heterocycles. The lowest BCUT2D eigenvalue weighted by atomic mass is 10.1. The number of ketones is 1. The Morgan fingerprint density at radius 3 is 2.64 bits per heavy atom. The average molecular weight is 390 g/mol. The molecule has 0 saturated carbocycles. The minimum atomic E-state index is -4.42. The lowest BCUT2D eigenvalue weighted by Crippen LogP contribution is -2.23. The fourth-order valence-corrected chi connectivity index (χ4v) is 2.51. The van der Waals surface area contributed by atoms with E-state index in [0.29, 0.717) is 35.8 Å². The van der Waals surface area contributed by atoms with E-state index in [4.69, 9.17) is 4.42 Å². The number of rotatable bonds is 8. The van der Waals surface area contributed by atoms with Crippen LogP contribution in [0.1, 0.15) is 23.6 Å². The van der Waals surface area contributed by atoms with E-state index >= 15 is 0 Å². The molecule has 0 amide bonds. The molecule has 3 rings (SSSR count). The number of alkyl halides is 3. The van der Waals surface area contributed by atoms with E-state index in [1.54, 1.807) is 18.3 Å². The third-order valence-electron chi connectivity index (χ3n) is 3.94. The highest BCUT2D eigenvalue weighted by Gasteiger charge is 2.30. The van der Waals surface area contributed by atoms with Gasteiger partial charge in [-0.1, -0.05) is 0 Å². The largest absolute Gasteiger partial charge is 0.448 e. The summed E-state index contributed by atoms with van der Waals surface area (Å²) in [5, 5.41) is 2.95. The van der Waals surface area contributed by atoms with Crippen molar-refractivity contribution in [3.63, 3.8) is 0 Å². The second-order valence-electron chi connectivity index (χ2n) is 6.03. The molecule has 0 aliphatic carbocycles. The molecule has 0 bridgehead atoms. The van der Waals surface area contributed by atoms with Crippen LogP contribution in [0.4, 0.5) is 13.2 Å². The van der Waals surface area contributed by atoms with Crippen LogP contribution in [0, 0.1) is 0 Å². The van der Waals surface area contributed by atoms with Crippen molar-refractivity contribution in [2.75, 3.05) is 6.54 Å². The topological polar surface area (TPSA) is 80.9 Å². The van der Waals surface area contributed by atoms with Crippen LogP contribution < -0.4 is 5.32 Å². The van der Waals surface area contributed by atoms with Crippen molar-refractivity contribution in [3.05, 3.63) is 66.3 Å². The van der Waals surface area contributed by atoms with Gasteiger partial charge in [0, 0.05) is 30.1 Å². The van der Waals surface area contributed by atoms with Crippen LogP contribution in [0.3, 0.4) is 0 Å². The zero-order valence-electron chi connectivity index (χ0n) is 14.7. The normalized spacial score (nSPS) is 11.5. The number of hydrogen-bond acceptors (Lipinski definition) is 6. The van der Waals surface area contributed by atoms with Crippen molar-refractivity contribution in [1.82, 2.24) is 20.3 Å². The first-order chi connectivity index (χ1) is 13.4. The van der Waals surface area contributed by atoms with E-state index in [1.807, 2.05) is 0 Å². The Bertz CT molecular complexity index is 910. The van der Waals surface area contributed by atoms with E-state index in [2.05, 4.69) is 20.3 Å². The molecule has 0 saturated heterocycles. The Labute approximate surface area is 158 Å². The lowest BCUT2D eigenvalue weighted by molar-refractivity contribution is -0.137. The number of oxazole rings is 1. The van der Waals surface area contributed by atoms with E-state index < -0.39 is 11.7 Å². The van der Waals surface area contributed by atoms with Crippen molar-refractivity contribution in [3.8, 4) is 11.3 Å². The van der Waals surface area contributed by atoms with Gasteiger partial charge in [-0.05, 0) is 30.7 Å². The van der Waals surface area contributed by atoms with Crippen LogP contribution in [-0.2, 0) is 23.9 Å². The van der Waals surface area contributed by atoms with Crippen LogP contribution in [0.2, 0.25) is 0 Å². The number of pyridine rings is 2. The summed E-state index contributed by atoms with van der Waals surface area (Å²) in [5.41, 5.74) is 0.928. The molecule has 1 N–H and O–H groups in total. The third-order valence-corrected chi connectivity index (χ3v) is 3.94. The highest BCUT2D eigenvalue weighted by Crippen LogP contribution is 2.29. The average Bonchev–Trinajstić information content (AvgIpc) is 3.19. The lowest BCUT2D eigenvalue weighted by Gasteiger charge is -2.08. The van der Waals surface area contributed by atoms with Gasteiger partial charge in [0.25, 0.3) is 0 Å². The molecule has 0 fully saturated rings. The van der Waals surface area contributed by atoms with E-state index in [-0.39, 0.29) is 18.7 Å². The maximum Gasteiger partial charge on any atom is 0.417 e. The zero-order chi connectivity index (χ0) is 20.0. The van der Waals surface area contributed by atoms with Crippen molar-refractivity contribution < 1.29 is 22.4 Å². The summed E-state index contributed by atoms with van der Waals surface area (Å²) >= 11 is 0. The van der Waals surface area contributed by atoms with Crippen LogP contribution in [0.5, 0.6) is 0 Å². The number of aryl methyl sites for hydroxylation is 1. The standard InChI is InChI=1S/C19H17F3N4O2/c20-19(21,22)14-1-4-17(26-10-14)13-5-6-24-15(9-13)2-3-16(27)11-23-12-18-25-7-8-28-18/h1,4-10,23H,2-3,11-12H2. The van der Waals surface area contributed by atoms with Crippen LogP contribution >= 0.6 is 0 Å². The summed E-state index contributed by atoms with van der Waals surface area (Å²) in [5.74, 6) is 0.512. The Morgan fingerprint density at radius 2 is 1.96 bits per heavy atom. The molecule has 146 valence electrons. The summed E-state index contributed by atoms with van der Waals surface area (Å²) < 4.78 is 43.0. The van der Waals surface area contributed by atoms with Crippen molar-refractivity contribution in [2.45, 2.75) is 25.6 Å². The van der Waals surface area contributed by atoms with Crippen molar-refractivity contribution in [2.24, 2.45) is 0 Å². The molecule has 0 aliphatic heterocycles. The van der Waals surface area contributed by atoms with Gasteiger partial charge in [-0.25, -0.2) is 4.98 Å². The Hall–Kier alpha value is -3.07. The van der Waals surface area contributed by atoms with Gasteiger partial charge in [-0.15, -0.1) is 0 Å². The fraction of sp³-hybridized carbons (Fsp3) is 0.263. The molecule has 3 aromatic rings. The molecule has 0 unspecified atom stereocenters. The maximum atomic E-state index is 12.6. The molecule has 0 atom stereocenters. The highest BCUT2D eigenvalue weighted by molar-refractivity contribution is 5.80. The summed E-state index contributed by atoms with van der Waals surface area (Å²) in [6.07, 6.45) is 1.64. The predicted octanol–water partition coefficient (Wildman–Crippen LogP) is 3.44. The summed E-state index contributed by atoms with van der Waals surface area (Å²) in [6, 6.07) is 5.70. The van der Waals surface area contributed by atoms with Gasteiger partial charge >= 0.3 is 6.18 Å². The molecule has 9 heteroatoms. The summed E-state index contributed by atoms with van der Waals surface area (Å²) in [7, 11) is 0. The number of aromatic nitrogens is 3. The monoisotopic (exact) mass is 390 g/mol. The number of halogens is 3. The summed E-state index contributed by atoms with van der Waals surface area (Å²) in [4.78, 5) is 24.0. The molecule has 0 spiro atoms. The second-order valence-corrected chi connectivity index (χ2v) is 6.03. The quantitative estimate of drug-likeness (QED) is 0.635. The first-order valence-electron chi connectivity index (χ1n) is 8.51. The highest BCUT2D eigenvalue weighted by atomic mass is 19.4. The minimum Gasteiger partial charge on any atom is -0.448 e. The number of hydrogen-bond donors (Lipinski definition) is 1. The molecule has 0 aromatic carbocycles. The van der Waals surface area contributed by atoms with Crippen LogP contribution in [0.15, 0.2) is 53.5 Å². The van der Waals surface area contributed by atoms with Gasteiger partial charge in [0.05, 0.1) is 30.5 Å². The first kappa shape index (κ1) is 19.7. The Kier molecular flexibility index (Phi) is 6.15. The maximum absolute atomic E-state index is 12.6. The number of nitrogens with one attached hydrogen (secondary N) is 1. The third kappa shape index (κ3) is 5.46. The van der Waals surface area contributed by atoms with Gasteiger partial charge in [0.15, 0.2) is 0 Å². The molecule has 6 nitrogen and oxygen atoms in total. The zero-order valence-corrected chi connectivity index (χ0v) is 14.7. The number of nitrogens with zero attached hydrogens (tertiary/aromatic N) is 3. The predicted molar refractivity (Wildman–Crippen MR) is 94.0 cm³/mol. The molecule has 0 radical (unpaired) electrons. The van der Waals surface area contributed by atoms with E-state index in [1.165, 1.54) is 18.5 Å². The van der Waals surface area contributed by atoms with Gasteiger partial charge in [-0.3, -0.25) is 14.8 Å². The first-order valence-corrected chi connectivity index (χ1v) is 8.51. The van der Waals surface area contributed by atoms with Crippen molar-refractivity contribution in [1.29, 1.82) is 0 Å². The SMILES string of the molecule is O=C(CCc1cc(-c2ccc(C(F)(F)F)cn2)ccn1)CNCc1ncco1. The van der Waals surface area contributed by atoms with Gasteiger partial charge in [-0.2, -0.15) is 13.2 Å². The summed E-state index contributed by atoms with van der Waals surface area (Å²) in [6.45, 7) is 0.550. The molecule has 28 heavy (non-hydrogen) atoms.